The van der Waals surface area contributed by atoms with E-state index in [1.807, 2.05) is 24.4 Å². The topological polar surface area (TPSA) is 70.7 Å². The maximum atomic E-state index is 11.1. The number of amides is 1. The van der Waals surface area contributed by atoms with E-state index in [4.69, 9.17) is 11.6 Å². The van der Waals surface area contributed by atoms with Gasteiger partial charge in [0.15, 0.2) is 5.15 Å². The molecule has 20 heavy (non-hydrogen) atoms. The average molecular weight is 287 g/mol. The number of halogens is 1. The van der Waals surface area contributed by atoms with Gasteiger partial charge in [-0.1, -0.05) is 11.6 Å². The summed E-state index contributed by atoms with van der Waals surface area (Å²) in [5, 5.41) is 3.87. The molecule has 0 aliphatic heterocycles. The smallest absolute Gasteiger partial charge is 0.221 e. The number of aromatic amines is 1. The first-order valence-corrected chi connectivity index (χ1v) is 6.39. The van der Waals surface area contributed by atoms with Gasteiger partial charge in [0.1, 0.15) is 5.65 Å². The number of nitrogens with zero attached hydrogens (tertiary/aromatic N) is 2. The lowest BCUT2D eigenvalue weighted by molar-refractivity contribution is -0.114. The fourth-order valence-corrected chi connectivity index (χ4v) is 2.25. The van der Waals surface area contributed by atoms with Gasteiger partial charge < -0.3 is 10.3 Å². The van der Waals surface area contributed by atoms with Gasteiger partial charge in [-0.3, -0.25) is 4.79 Å². The molecular weight excluding hydrogens is 276 g/mol. The van der Waals surface area contributed by atoms with Crippen molar-refractivity contribution in [2.24, 2.45) is 0 Å². The van der Waals surface area contributed by atoms with Crippen LogP contribution < -0.4 is 5.32 Å². The molecule has 0 spiro atoms. The van der Waals surface area contributed by atoms with Crippen molar-refractivity contribution < 1.29 is 4.79 Å². The molecule has 0 saturated carbocycles. The Kier molecular flexibility index (Phi) is 3.12. The molecule has 100 valence electrons. The van der Waals surface area contributed by atoms with E-state index in [2.05, 4.69) is 20.3 Å². The zero-order chi connectivity index (χ0) is 14.1. The van der Waals surface area contributed by atoms with Crippen molar-refractivity contribution in [2.45, 2.75) is 6.92 Å². The summed E-state index contributed by atoms with van der Waals surface area (Å²) >= 11 is 6.10. The van der Waals surface area contributed by atoms with Gasteiger partial charge in [0.05, 0.1) is 11.4 Å². The van der Waals surface area contributed by atoms with E-state index in [0.29, 0.717) is 5.69 Å². The molecule has 0 unspecified atom stereocenters. The SMILES string of the molecule is CC(=O)Nc1ccc(-c2ccnc3[nH]ccc23)nc1Cl. The van der Waals surface area contributed by atoms with Crippen LogP contribution in [0.4, 0.5) is 5.69 Å². The molecule has 0 aliphatic rings. The van der Waals surface area contributed by atoms with Crippen molar-refractivity contribution in [1.82, 2.24) is 15.0 Å². The van der Waals surface area contributed by atoms with Crippen LogP contribution in [0.25, 0.3) is 22.3 Å². The van der Waals surface area contributed by atoms with E-state index in [1.54, 1.807) is 12.3 Å². The number of carbonyl (C=O) groups excluding carboxylic acids is 1. The molecule has 0 radical (unpaired) electrons. The number of anilines is 1. The molecule has 2 N–H and O–H groups in total. The normalized spacial score (nSPS) is 10.7. The Morgan fingerprint density at radius 3 is 2.90 bits per heavy atom. The lowest BCUT2D eigenvalue weighted by atomic mass is 10.1. The fourth-order valence-electron chi connectivity index (χ4n) is 2.05. The molecule has 0 bridgehead atoms. The highest BCUT2D eigenvalue weighted by Gasteiger charge is 2.10. The zero-order valence-corrected chi connectivity index (χ0v) is 11.4. The van der Waals surface area contributed by atoms with E-state index in [9.17, 15) is 4.79 Å². The number of fused-ring (bicyclic) bond motifs is 1. The van der Waals surface area contributed by atoms with Crippen molar-refractivity contribution >= 4 is 34.2 Å². The van der Waals surface area contributed by atoms with Crippen LogP contribution in [-0.2, 0) is 4.79 Å². The molecule has 5 nitrogen and oxygen atoms in total. The van der Waals surface area contributed by atoms with Crippen LogP contribution in [0.3, 0.4) is 0 Å². The summed E-state index contributed by atoms with van der Waals surface area (Å²) in [4.78, 5) is 22.7. The molecular formula is C14H11ClN4O. The Labute approximate surface area is 120 Å². The van der Waals surface area contributed by atoms with Crippen LogP contribution in [0.15, 0.2) is 36.7 Å². The Morgan fingerprint density at radius 2 is 2.15 bits per heavy atom. The third-order valence-corrected chi connectivity index (χ3v) is 3.18. The Hall–Kier alpha value is -2.40. The summed E-state index contributed by atoms with van der Waals surface area (Å²) in [6.07, 6.45) is 3.54. The van der Waals surface area contributed by atoms with Gasteiger partial charge in [0, 0.05) is 30.3 Å². The van der Waals surface area contributed by atoms with Crippen LogP contribution >= 0.6 is 11.6 Å². The van der Waals surface area contributed by atoms with Gasteiger partial charge >= 0.3 is 0 Å². The molecule has 3 aromatic heterocycles. The predicted octanol–water partition coefficient (Wildman–Crippen LogP) is 3.24. The van der Waals surface area contributed by atoms with Crippen LogP contribution in [0.2, 0.25) is 5.15 Å². The first-order chi connectivity index (χ1) is 9.65. The van der Waals surface area contributed by atoms with Gasteiger partial charge in [-0.25, -0.2) is 9.97 Å². The Balaban J connectivity index is 2.09. The minimum absolute atomic E-state index is 0.182. The average Bonchev–Trinajstić information content (AvgIpc) is 2.88. The van der Waals surface area contributed by atoms with Crippen molar-refractivity contribution in [2.75, 3.05) is 5.32 Å². The van der Waals surface area contributed by atoms with Crippen molar-refractivity contribution in [1.29, 1.82) is 0 Å². The fraction of sp³-hybridized carbons (Fsp3) is 0.0714. The summed E-state index contributed by atoms with van der Waals surface area (Å²) < 4.78 is 0. The van der Waals surface area contributed by atoms with Crippen LogP contribution in [0.5, 0.6) is 0 Å². The molecule has 3 heterocycles. The number of hydrogen-bond acceptors (Lipinski definition) is 3. The third kappa shape index (κ3) is 2.23. The summed E-state index contributed by atoms with van der Waals surface area (Å²) in [5.41, 5.74) is 2.97. The Morgan fingerprint density at radius 1 is 1.30 bits per heavy atom. The summed E-state index contributed by atoms with van der Waals surface area (Å²) in [6, 6.07) is 7.38. The predicted molar refractivity (Wildman–Crippen MR) is 78.6 cm³/mol. The maximum absolute atomic E-state index is 11.1. The van der Waals surface area contributed by atoms with Crippen LogP contribution in [0, 0.1) is 0 Å². The minimum atomic E-state index is -0.182. The molecule has 0 aromatic carbocycles. The van der Waals surface area contributed by atoms with E-state index in [0.717, 1.165) is 22.3 Å². The molecule has 0 saturated heterocycles. The van der Waals surface area contributed by atoms with Crippen molar-refractivity contribution in [3.8, 4) is 11.3 Å². The first-order valence-electron chi connectivity index (χ1n) is 6.02. The van der Waals surface area contributed by atoms with Gasteiger partial charge in [-0.05, 0) is 24.3 Å². The number of nitrogens with one attached hydrogen (secondary N) is 2. The van der Waals surface area contributed by atoms with Crippen LogP contribution in [-0.4, -0.2) is 20.9 Å². The monoisotopic (exact) mass is 286 g/mol. The molecule has 0 atom stereocenters. The van der Waals surface area contributed by atoms with Crippen molar-refractivity contribution in [3.63, 3.8) is 0 Å². The second-order valence-electron chi connectivity index (χ2n) is 4.31. The van der Waals surface area contributed by atoms with Gasteiger partial charge in [0.25, 0.3) is 0 Å². The van der Waals surface area contributed by atoms with Gasteiger partial charge in [-0.15, -0.1) is 0 Å². The Bertz CT molecular complexity index is 797. The van der Waals surface area contributed by atoms with E-state index in [-0.39, 0.29) is 11.1 Å². The molecule has 3 rings (SSSR count). The number of H-pyrrole nitrogens is 1. The third-order valence-electron chi connectivity index (χ3n) is 2.90. The number of carbonyl (C=O) groups is 1. The van der Waals surface area contributed by atoms with E-state index >= 15 is 0 Å². The quantitative estimate of drug-likeness (QED) is 0.711. The standard InChI is InChI=1S/C14H11ClN4O/c1-8(20)18-12-3-2-11(19-13(12)15)9-4-6-16-14-10(9)5-7-17-14/h2-7H,1H3,(H,16,17)(H,18,20). The first kappa shape index (κ1) is 12.6. The summed E-state index contributed by atoms with van der Waals surface area (Å²) in [6.45, 7) is 1.43. The largest absolute Gasteiger partial charge is 0.346 e. The lowest BCUT2D eigenvalue weighted by Crippen LogP contribution is -2.06. The summed E-state index contributed by atoms with van der Waals surface area (Å²) in [7, 11) is 0. The second kappa shape index (κ2) is 4.94. The van der Waals surface area contributed by atoms with Gasteiger partial charge in [-0.2, -0.15) is 0 Å². The zero-order valence-electron chi connectivity index (χ0n) is 10.6. The minimum Gasteiger partial charge on any atom is -0.346 e. The highest BCUT2D eigenvalue weighted by molar-refractivity contribution is 6.32. The summed E-state index contributed by atoms with van der Waals surface area (Å²) in [5.74, 6) is -0.182. The van der Waals surface area contributed by atoms with E-state index in [1.165, 1.54) is 6.92 Å². The van der Waals surface area contributed by atoms with E-state index < -0.39 is 0 Å². The molecule has 0 aliphatic carbocycles. The number of aromatic nitrogens is 3. The molecule has 0 fully saturated rings. The number of rotatable bonds is 2. The number of hydrogen-bond donors (Lipinski definition) is 2. The van der Waals surface area contributed by atoms with Crippen LogP contribution in [0.1, 0.15) is 6.92 Å². The van der Waals surface area contributed by atoms with Crippen molar-refractivity contribution in [3.05, 3.63) is 41.8 Å². The molecule has 3 aromatic rings. The maximum Gasteiger partial charge on any atom is 0.221 e. The second-order valence-corrected chi connectivity index (χ2v) is 4.67. The lowest BCUT2D eigenvalue weighted by Gasteiger charge is -2.07. The highest BCUT2D eigenvalue weighted by atomic mass is 35.5. The number of pyridine rings is 2. The van der Waals surface area contributed by atoms with Gasteiger partial charge in [0.2, 0.25) is 5.91 Å². The molecule has 1 amide bonds. The molecule has 6 heteroatoms. The highest BCUT2D eigenvalue weighted by Crippen LogP contribution is 2.29.